The highest BCUT2D eigenvalue weighted by atomic mass is 32.1. The molecule has 2 aromatic heterocycles. The second kappa shape index (κ2) is 8.78. The summed E-state index contributed by atoms with van der Waals surface area (Å²) in [7, 11) is 0. The summed E-state index contributed by atoms with van der Waals surface area (Å²) in [6.07, 6.45) is 0.901. The Hall–Kier alpha value is -3.66. The molecule has 0 aliphatic heterocycles. The number of hydrogen-bond acceptors (Lipinski definition) is 8. The van der Waals surface area contributed by atoms with Crippen molar-refractivity contribution in [3.8, 4) is 22.5 Å². The first kappa shape index (κ1) is 19.6. The number of aromatic carboxylic acids is 1. The van der Waals surface area contributed by atoms with Crippen LogP contribution in [0.3, 0.4) is 0 Å². The van der Waals surface area contributed by atoms with Crippen LogP contribution in [0.1, 0.15) is 28.7 Å². The summed E-state index contributed by atoms with van der Waals surface area (Å²) in [6.45, 7) is 3.40. The topological polar surface area (TPSA) is 121 Å². The summed E-state index contributed by atoms with van der Waals surface area (Å²) in [5.74, 6) is 0.0132. The van der Waals surface area contributed by atoms with E-state index in [0.717, 1.165) is 46.8 Å². The van der Waals surface area contributed by atoms with Gasteiger partial charge in [0.15, 0.2) is 5.82 Å². The van der Waals surface area contributed by atoms with Crippen LogP contribution in [0.2, 0.25) is 0 Å². The van der Waals surface area contributed by atoms with Gasteiger partial charge in [-0.3, -0.25) is 0 Å². The molecule has 2 aromatic carbocycles. The predicted molar refractivity (Wildman–Crippen MR) is 113 cm³/mol. The number of anilines is 1. The number of carbonyl (C=O) groups is 1. The number of benzene rings is 2. The van der Waals surface area contributed by atoms with Crippen LogP contribution in [0.25, 0.3) is 22.5 Å². The Labute approximate surface area is 176 Å². The second-order valence-electron chi connectivity index (χ2n) is 6.62. The van der Waals surface area contributed by atoms with Crippen molar-refractivity contribution in [2.24, 2.45) is 0 Å². The molecule has 0 radical (unpaired) electrons. The summed E-state index contributed by atoms with van der Waals surface area (Å²) in [4.78, 5) is 17.2. The molecule has 2 heterocycles. The number of rotatable bonds is 8. The molecule has 0 saturated heterocycles. The van der Waals surface area contributed by atoms with Crippen LogP contribution >= 0.6 is 11.5 Å². The fourth-order valence-corrected chi connectivity index (χ4v) is 3.70. The molecule has 152 valence electrons. The zero-order valence-corrected chi connectivity index (χ0v) is 17.0. The number of aromatic nitrogens is 6. The normalized spacial score (nSPS) is 10.8. The van der Waals surface area contributed by atoms with Gasteiger partial charge < -0.3 is 10.0 Å². The van der Waals surface area contributed by atoms with E-state index < -0.39 is 5.97 Å². The smallest absolute Gasteiger partial charge is 0.366 e. The van der Waals surface area contributed by atoms with Crippen LogP contribution < -0.4 is 4.90 Å². The van der Waals surface area contributed by atoms with Crippen LogP contribution in [-0.2, 0) is 6.54 Å². The first-order valence-electron chi connectivity index (χ1n) is 9.40. The Morgan fingerprint density at radius 2 is 1.90 bits per heavy atom. The SMILES string of the molecule is CCCN(Cc1ccc(-c2ccccc2-c2nnn[nH]2)cc1)c1nsc(C(=O)O)n1. The van der Waals surface area contributed by atoms with Crippen LogP contribution in [0.4, 0.5) is 5.95 Å². The van der Waals surface area contributed by atoms with Crippen molar-refractivity contribution in [1.29, 1.82) is 0 Å². The van der Waals surface area contributed by atoms with Gasteiger partial charge in [-0.15, -0.1) is 5.10 Å². The quantitative estimate of drug-likeness (QED) is 0.443. The van der Waals surface area contributed by atoms with Gasteiger partial charge in [-0.25, -0.2) is 9.89 Å². The molecule has 9 nitrogen and oxygen atoms in total. The monoisotopic (exact) mass is 421 g/mol. The molecule has 0 saturated carbocycles. The number of H-pyrrole nitrogens is 1. The molecule has 4 aromatic rings. The van der Waals surface area contributed by atoms with Gasteiger partial charge in [0.25, 0.3) is 0 Å². The molecule has 0 amide bonds. The third-order valence-electron chi connectivity index (χ3n) is 4.54. The number of tetrazole rings is 1. The lowest BCUT2D eigenvalue weighted by Crippen LogP contribution is -2.24. The van der Waals surface area contributed by atoms with E-state index in [9.17, 15) is 4.79 Å². The van der Waals surface area contributed by atoms with Crippen molar-refractivity contribution in [3.63, 3.8) is 0 Å². The van der Waals surface area contributed by atoms with E-state index in [2.05, 4.69) is 61.2 Å². The summed E-state index contributed by atoms with van der Waals surface area (Å²) in [5.41, 5.74) is 4.08. The van der Waals surface area contributed by atoms with E-state index in [-0.39, 0.29) is 5.01 Å². The minimum Gasteiger partial charge on any atom is -0.476 e. The van der Waals surface area contributed by atoms with Gasteiger partial charge >= 0.3 is 5.97 Å². The van der Waals surface area contributed by atoms with Gasteiger partial charge in [-0.05, 0) is 45.1 Å². The Bertz CT molecular complexity index is 1130. The standard InChI is InChI=1S/C20H19N7O2S/c1-2-11-27(20-21-18(19(28)29)30-24-20)12-13-7-9-14(10-8-13)15-5-3-4-6-16(15)17-22-25-26-23-17/h3-10H,2,11-12H2,1H3,(H,28,29)(H,22,23,25,26). The molecule has 10 heteroatoms. The number of carboxylic acids is 1. The third kappa shape index (κ3) is 4.18. The van der Waals surface area contributed by atoms with Crippen molar-refractivity contribution in [2.75, 3.05) is 11.4 Å². The highest BCUT2D eigenvalue weighted by Gasteiger charge is 2.16. The number of nitrogens with zero attached hydrogens (tertiary/aromatic N) is 6. The predicted octanol–water partition coefficient (Wildman–Crippen LogP) is 3.50. The third-order valence-corrected chi connectivity index (χ3v) is 5.23. The van der Waals surface area contributed by atoms with Crippen LogP contribution in [0.15, 0.2) is 48.5 Å². The first-order chi connectivity index (χ1) is 14.7. The van der Waals surface area contributed by atoms with Gasteiger partial charge in [0.1, 0.15) is 0 Å². The average Bonchev–Trinajstić information content (AvgIpc) is 3.46. The van der Waals surface area contributed by atoms with Gasteiger partial charge in [0.2, 0.25) is 11.0 Å². The molecular weight excluding hydrogens is 402 g/mol. The lowest BCUT2D eigenvalue weighted by molar-refractivity contribution is 0.0696. The highest BCUT2D eigenvalue weighted by Crippen LogP contribution is 2.30. The Kier molecular flexibility index (Phi) is 5.75. The fourth-order valence-electron chi connectivity index (χ4n) is 3.18. The molecule has 4 rings (SSSR count). The number of hydrogen-bond donors (Lipinski definition) is 2. The summed E-state index contributed by atoms with van der Waals surface area (Å²) in [5, 5.41) is 23.3. The van der Waals surface area contributed by atoms with Crippen LogP contribution in [-0.4, -0.2) is 47.6 Å². The highest BCUT2D eigenvalue weighted by molar-refractivity contribution is 7.07. The molecule has 0 aliphatic carbocycles. The summed E-state index contributed by atoms with van der Waals surface area (Å²) < 4.78 is 4.21. The molecule has 0 atom stereocenters. The van der Waals surface area contributed by atoms with E-state index in [1.165, 1.54) is 0 Å². The minimum absolute atomic E-state index is 0.0000335. The van der Waals surface area contributed by atoms with E-state index >= 15 is 0 Å². The van der Waals surface area contributed by atoms with Gasteiger partial charge in [0.05, 0.1) is 0 Å². The van der Waals surface area contributed by atoms with Gasteiger partial charge in [-0.1, -0.05) is 55.5 Å². The zero-order chi connectivity index (χ0) is 20.9. The Morgan fingerprint density at radius 1 is 1.13 bits per heavy atom. The molecule has 0 bridgehead atoms. The van der Waals surface area contributed by atoms with Gasteiger partial charge in [-0.2, -0.15) is 9.36 Å². The largest absolute Gasteiger partial charge is 0.476 e. The lowest BCUT2D eigenvalue weighted by atomic mass is 9.98. The van der Waals surface area contributed by atoms with Crippen molar-refractivity contribution in [2.45, 2.75) is 19.9 Å². The molecule has 0 fully saturated rings. The maximum atomic E-state index is 11.1. The molecule has 2 N–H and O–H groups in total. The second-order valence-corrected chi connectivity index (χ2v) is 7.37. The Morgan fingerprint density at radius 3 is 2.53 bits per heavy atom. The number of nitrogens with one attached hydrogen (secondary N) is 1. The first-order valence-corrected chi connectivity index (χ1v) is 10.2. The molecule has 30 heavy (non-hydrogen) atoms. The fraction of sp³-hybridized carbons (Fsp3) is 0.200. The lowest BCUT2D eigenvalue weighted by Gasteiger charge is -2.20. The van der Waals surface area contributed by atoms with Crippen molar-refractivity contribution < 1.29 is 9.90 Å². The van der Waals surface area contributed by atoms with Crippen molar-refractivity contribution in [1.82, 2.24) is 30.0 Å². The van der Waals surface area contributed by atoms with Crippen molar-refractivity contribution >= 4 is 23.5 Å². The molecule has 0 unspecified atom stereocenters. The number of carboxylic acid groups (broad SMARTS) is 1. The molecule has 0 spiro atoms. The zero-order valence-electron chi connectivity index (χ0n) is 16.2. The maximum Gasteiger partial charge on any atom is 0.366 e. The van der Waals surface area contributed by atoms with E-state index in [1.54, 1.807) is 0 Å². The number of aromatic amines is 1. The van der Waals surface area contributed by atoms with E-state index in [1.807, 2.05) is 29.2 Å². The van der Waals surface area contributed by atoms with E-state index in [4.69, 9.17) is 5.11 Å². The summed E-state index contributed by atoms with van der Waals surface area (Å²) in [6, 6.07) is 16.2. The summed E-state index contributed by atoms with van der Waals surface area (Å²) >= 11 is 0.901. The van der Waals surface area contributed by atoms with Gasteiger partial charge in [0, 0.05) is 18.7 Å². The molecule has 0 aliphatic rings. The Balaban J connectivity index is 1.57. The molecular formula is C20H19N7O2S. The van der Waals surface area contributed by atoms with E-state index in [0.29, 0.717) is 18.3 Å². The minimum atomic E-state index is -1.06. The maximum absolute atomic E-state index is 11.1. The average molecular weight is 421 g/mol. The van der Waals surface area contributed by atoms with Crippen molar-refractivity contribution in [3.05, 3.63) is 59.1 Å². The van der Waals surface area contributed by atoms with Crippen LogP contribution in [0, 0.1) is 0 Å². The van der Waals surface area contributed by atoms with Crippen LogP contribution in [0.5, 0.6) is 0 Å².